The zero-order chi connectivity index (χ0) is 19.3. The highest BCUT2D eigenvalue weighted by Crippen LogP contribution is 2.20. The smallest absolute Gasteiger partial charge is 0.255 e. The first-order valence-electron chi connectivity index (χ1n) is 8.03. The van der Waals surface area contributed by atoms with E-state index in [4.69, 9.17) is 11.6 Å². The molecule has 0 saturated heterocycles. The second-order valence-corrected chi connectivity index (χ2v) is 8.02. The summed E-state index contributed by atoms with van der Waals surface area (Å²) in [6.07, 6.45) is 1.94. The first-order valence-corrected chi connectivity index (χ1v) is 10.3. The summed E-state index contributed by atoms with van der Waals surface area (Å²) in [5, 5.41) is 2.50. The number of halogens is 2. The summed E-state index contributed by atoms with van der Waals surface area (Å²) in [5.41, 5.74) is 1.33. The average molecular weight is 399 g/mol. The van der Waals surface area contributed by atoms with Gasteiger partial charge in [-0.1, -0.05) is 36.7 Å². The summed E-state index contributed by atoms with van der Waals surface area (Å²) in [6, 6.07) is 11.1. The van der Waals surface area contributed by atoms with E-state index in [2.05, 4.69) is 5.32 Å². The fourth-order valence-corrected chi connectivity index (χ4v) is 3.63. The molecule has 0 aromatic heterocycles. The number of aryl methyl sites for hydroxylation is 1. The van der Waals surface area contributed by atoms with Crippen molar-refractivity contribution in [2.24, 2.45) is 0 Å². The molecule has 0 unspecified atom stereocenters. The van der Waals surface area contributed by atoms with Crippen molar-refractivity contribution in [2.45, 2.75) is 13.3 Å². The van der Waals surface area contributed by atoms with E-state index in [0.29, 0.717) is 5.69 Å². The molecule has 1 N–H and O–H groups in total. The van der Waals surface area contributed by atoms with Gasteiger partial charge in [-0.3, -0.25) is 9.10 Å². The molecule has 0 aliphatic rings. The van der Waals surface area contributed by atoms with E-state index < -0.39 is 21.7 Å². The normalized spacial score (nSPS) is 11.2. The predicted molar refractivity (Wildman–Crippen MR) is 102 cm³/mol. The van der Waals surface area contributed by atoms with E-state index >= 15 is 0 Å². The molecule has 0 atom stereocenters. The van der Waals surface area contributed by atoms with Gasteiger partial charge in [0.15, 0.2) is 0 Å². The molecule has 2 aromatic carbocycles. The highest BCUT2D eigenvalue weighted by Gasteiger charge is 2.19. The maximum Gasteiger partial charge on any atom is 0.255 e. The fraction of sp³-hybridized carbons (Fsp3) is 0.278. The lowest BCUT2D eigenvalue weighted by Gasteiger charge is -2.23. The van der Waals surface area contributed by atoms with E-state index in [9.17, 15) is 17.6 Å². The highest BCUT2D eigenvalue weighted by molar-refractivity contribution is 7.92. The van der Waals surface area contributed by atoms with Crippen LogP contribution in [-0.4, -0.2) is 33.7 Å². The van der Waals surface area contributed by atoms with Gasteiger partial charge in [0.2, 0.25) is 10.0 Å². The molecular formula is C18H20ClFN2O3S. The Hall–Kier alpha value is -2.12. The van der Waals surface area contributed by atoms with Crippen LogP contribution in [0.5, 0.6) is 0 Å². The summed E-state index contributed by atoms with van der Waals surface area (Å²) < 4.78 is 39.1. The minimum Gasteiger partial charge on any atom is -0.350 e. The first-order chi connectivity index (χ1) is 12.2. The molecule has 0 saturated carbocycles. The molecule has 2 aromatic rings. The molecule has 0 spiro atoms. The predicted octanol–water partition coefficient (Wildman–Crippen LogP) is 3.24. The minimum absolute atomic E-state index is 0.00220. The lowest BCUT2D eigenvalue weighted by atomic mass is 10.1. The third-order valence-corrected chi connectivity index (χ3v) is 5.33. The molecule has 0 fully saturated rings. The number of rotatable bonds is 7. The Kier molecular flexibility index (Phi) is 6.61. The zero-order valence-electron chi connectivity index (χ0n) is 14.5. The number of benzene rings is 2. The number of carbonyl (C=O) groups excluding carboxylic acids is 1. The Balaban J connectivity index is 2.09. The second-order valence-electron chi connectivity index (χ2n) is 5.71. The number of nitrogens with one attached hydrogen (secondary N) is 1. The summed E-state index contributed by atoms with van der Waals surface area (Å²) >= 11 is 5.86. The van der Waals surface area contributed by atoms with Gasteiger partial charge in [-0.2, -0.15) is 0 Å². The van der Waals surface area contributed by atoms with Crippen LogP contribution in [0.15, 0.2) is 42.5 Å². The van der Waals surface area contributed by atoms with Crippen molar-refractivity contribution in [2.75, 3.05) is 23.7 Å². The van der Waals surface area contributed by atoms with Gasteiger partial charge >= 0.3 is 0 Å². The number of nitrogens with zero attached hydrogens (tertiary/aromatic N) is 1. The molecular weight excluding hydrogens is 379 g/mol. The van der Waals surface area contributed by atoms with Crippen molar-refractivity contribution in [1.82, 2.24) is 5.32 Å². The lowest BCUT2D eigenvalue weighted by Crippen LogP contribution is -2.38. The molecule has 5 nitrogen and oxygen atoms in total. The number of hydrogen-bond acceptors (Lipinski definition) is 3. The molecule has 0 radical (unpaired) electrons. The summed E-state index contributed by atoms with van der Waals surface area (Å²) in [4.78, 5) is 12.1. The summed E-state index contributed by atoms with van der Waals surface area (Å²) in [7, 11) is -3.53. The molecule has 0 bridgehead atoms. The van der Waals surface area contributed by atoms with Crippen molar-refractivity contribution < 1.29 is 17.6 Å². The number of amides is 1. The standard InChI is InChI=1S/C18H20ClFN2O3S/c1-3-13-7-9-14(10-8-13)22(26(2,24)25)12-11-21-18(23)17-15(19)5-4-6-16(17)20/h4-10H,3,11-12H2,1-2H3,(H,21,23). The Morgan fingerprint density at radius 1 is 1.19 bits per heavy atom. The van der Waals surface area contributed by atoms with E-state index in [-0.39, 0.29) is 23.7 Å². The number of sulfonamides is 1. The molecule has 0 aliphatic carbocycles. The molecule has 1 amide bonds. The van der Waals surface area contributed by atoms with Crippen molar-refractivity contribution in [1.29, 1.82) is 0 Å². The van der Waals surface area contributed by atoms with Crippen LogP contribution in [0, 0.1) is 5.82 Å². The average Bonchev–Trinajstić information content (AvgIpc) is 2.57. The van der Waals surface area contributed by atoms with Crippen LogP contribution in [-0.2, 0) is 16.4 Å². The largest absolute Gasteiger partial charge is 0.350 e. The van der Waals surface area contributed by atoms with Gasteiger partial charge in [0.1, 0.15) is 5.82 Å². The zero-order valence-corrected chi connectivity index (χ0v) is 16.1. The Morgan fingerprint density at radius 2 is 1.85 bits per heavy atom. The topological polar surface area (TPSA) is 66.5 Å². The summed E-state index contributed by atoms with van der Waals surface area (Å²) in [5.74, 6) is -1.42. The van der Waals surface area contributed by atoms with Crippen molar-refractivity contribution in [3.05, 3.63) is 64.4 Å². The van der Waals surface area contributed by atoms with Crippen LogP contribution >= 0.6 is 11.6 Å². The molecule has 26 heavy (non-hydrogen) atoms. The molecule has 0 aliphatic heterocycles. The highest BCUT2D eigenvalue weighted by atomic mass is 35.5. The van der Waals surface area contributed by atoms with Crippen LogP contribution in [0.25, 0.3) is 0 Å². The van der Waals surface area contributed by atoms with Gasteiger partial charge < -0.3 is 5.32 Å². The van der Waals surface area contributed by atoms with Crippen molar-refractivity contribution in [3.63, 3.8) is 0 Å². The van der Waals surface area contributed by atoms with E-state index in [0.717, 1.165) is 24.3 Å². The number of hydrogen-bond donors (Lipinski definition) is 1. The quantitative estimate of drug-likeness (QED) is 0.778. The van der Waals surface area contributed by atoms with Gasteiger partial charge in [0, 0.05) is 6.54 Å². The fourth-order valence-electron chi connectivity index (χ4n) is 2.46. The maximum atomic E-state index is 13.8. The van der Waals surface area contributed by atoms with E-state index in [1.807, 2.05) is 19.1 Å². The molecule has 2 rings (SSSR count). The lowest BCUT2D eigenvalue weighted by molar-refractivity contribution is 0.0951. The SMILES string of the molecule is CCc1ccc(N(CCNC(=O)c2c(F)cccc2Cl)S(C)(=O)=O)cc1. The summed E-state index contributed by atoms with van der Waals surface area (Å²) in [6.45, 7) is 2.03. The van der Waals surface area contributed by atoms with E-state index in [1.54, 1.807) is 12.1 Å². The Morgan fingerprint density at radius 3 is 2.38 bits per heavy atom. The Labute approximate surface area is 157 Å². The van der Waals surface area contributed by atoms with Crippen LogP contribution in [0.2, 0.25) is 5.02 Å². The van der Waals surface area contributed by atoms with Crippen LogP contribution in [0.4, 0.5) is 10.1 Å². The minimum atomic E-state index is -3.53. The molecule has 140 valence electrons. The third kappa shape index (κ3) is 4.95. The third-order valence-electron chi connectivity index (χ3n) is 3.82. The van der Waals surface area contributed by atoms with Crippen LogP contribution in [0.1, 0.15) is 22.8 Å². The van der Waals surface area contributed by atoms with Gasteiger partial charge in [0.25, 0.3) is 5.91 Å². The second kappa shape index (κ2) is 8.51. The van der Waals surface area contributed by atoms with Gasteiger partial charge in [-0.15, -0.1) is 0 Å². The first kappa shape index (κ1) is 20.2. The molecule has 0 heterocycles. The maximum absolute atomic E-state index is 13.8. The monoisotopic (exact) mass is 398 g/mol. The van der Waals surface area contributed by atoms with Crippen LogP contribution < -0.4 is 9.62 Å². The number of anilines is 1. The number of carbonyl (C=O) groups is 1. The Bertz CT molecular complexity index is 866. The van der Waals surface area contributed by atoms with Crippen LogP contribution in [0.3, 0.4) is 0 Å². The van der Waals surface area contributed by atoms with Crippen molar-refractivity contribution >= 4 is 33.2 Å². The van der Waals surface area contributed by atoms with E-state index in [1.165, 1.54) is 16.4 Å². The van der Waals surface area contributed by atoms with Crippen molar-refractivity contribution in [3.8, 4) is 0 Å². The van der Waals surface area contributed by atoms with Gasteiger partial charge in [-0.05, 0) is 36.2 Å². The van der Waals surface area contributed by atoms with Gasteiger partial charge in [0.05, 0.1) is 29.1 Å². The van der Waals surface area contributed by atoms with Gasteiger partial charge in [-0.25, -0.2) is 12.8 Å². The molecule has 8 heteroatoms.